The number of carbonyl (C=O) groups excluding carboxylic acids is 5. The summed E-state index contributed by atoms with van der Waals surface area (Å²) in [6.07, 6.45) is -7.17. The fraction of sp³-hybridized carbons (Fsp3) is 0.926. The number of cyclic esters (lactones) is 2. The molecule has 2 N–H and O–H groups in total. The number of rotatable bonds is 12. The van der Waals surface area contributed by atoms with Crippen LogP contribution >= 0.6 is 16.9 Å². The van der Waals surface area contributed by atoms with Crippen LogP contribution in [0, 0.1) is 76.4 Å². The third-order valence-corrected chi connectivity index (χ3v) is 24.1. The molecule has 0 aromatic rings. The average Bonchev–Trinajstić information content (AvgIpc) is 1.49. The molecule has 0 aromatic heterocycles. The molecule has 7 aliphatic rings. The molecule has 0 amide bonds. The minimum absolute atomic E-state index is 0.0226. The first-order valence-electron chi connectivity index (χ1n) is 34.1. The first-order chi connectivity index (χ1) is 42.7. The topological polar surface area (TPSA) is 268 Å². The lowest BCUT2D eigenvalue weighted by Gasteiger charge is -2.49. The number of aliphatic hydroxyl groups is 2. The molecular formula is C68H116N2O20P2. The van der Waals surface area contributed by atoms with E-state index in [2.05, 4.69) is 39.5 Å². The van der Waals surface area contributed by atoms with E-state index in [0.29, 0.717) is 32.1 Å². The zero-order valence-electron chi connectivity index (χ0n) is 59.6. The molecule has 0 aliphatic carbocycles. The molecule has 92 heavy (non-hydrogen) atoms. The van der Waals surface area contributed by atoms with Gasteiger partial charge in [0, 0.05) is 29.3 Å². The Labute approximate surface area is 552 Å². The summed E-state index contributed by atoms with van der Waals surface area (Å²) >= 11 is 0. The van der Waals surface area contributed by atoms with E-state index in [-0.39, 0.29) is 95.5 Å². The van der Waals surface area contributed by atoms with Crippen molar-refractivity contribution < 1.29 is 95.4 Å². The lowest BCUT2D eigenvalue weighted by molar-refractivity contribution is -0.264. The van der Waals surface area contributed by atoms with Crippen LogP contribution in [-0.2, 0) is 75.6 Å². The van der Waals surface area contributed by atoms with Crippen LogP contribution in [0.1, 0.15) is 183 Å². The lowest BCUT2D eigenvalue weighted by atomic mass is 9.63. The first-order valence-corrected chi connectivity index (χ1v) is 35.8. The van der Waals surface area contributed by atoms with Crippen molar-refractivity contribution in [2.24, 2.45) is 76.4 Å². The number of fused-ring (bicyclic) bond motifs is 5. The van der Waals surface area contributed by atoms with E-state index in [9.17, 15) is 43.3 Å². The second kappa shape index (κ2) is 31.1. The lowest BCUT2D eigenvalue weighted by Crippen LogP contribution is -2.58. The van der Waals surface area contributed by atoms with Crippen LogP contribution < -0.4 is 0 Å². The molecule has 30 unspecified atom stereocenters. The van der Waals surface area contributed by atoms with Gasteiger partial charge in [-0.25, -0.2) is 9.59 Å². The van der Waals surface area contributed by atoms with E-state index >= 15 is 0 Å². The van der Waals surface area contributed by atoms with E-state index in [0.717, 1.165) is 0 Å². The van der Waals surface area contributed by atoms with Gasteiger partial charge in [0.25, 0.3) is 0 Å². The van der Waals surface area contributed by atoms with Gasteiger partial charge in [0.1, 0.15) is 29.6 Å². The largest absolute Gasteiger partial charge is 0.509 e. The van der Waals surface area contributed by atoms with Crippen molar-refractivity contribution >= 4 is 47.1 Å². The zero-order valence-corrected chi connectivity index (χ0v) is 61.4. The van der Waals surface area contributed by atoms with E-state index < -0.39 is 155 Å². The van der Waals surface area contributed by atoms with Gasteiger partial charge in [-0.2, -0.15) is 0 Å². The summed E-state index contributed by atoms with van der Waals surface area (Å²) < 4.78 is 93.2. The molecule has 22 nitrogen and oxygen atoms in total. The molecule has 7 fully saturated rings. The van der Waals surface area contributed by atoms with Crippen molar-refractivity contribution in [2.45, 2.75) is 297 Å². The maximum Gasteiger partial charge on any atom is 0.509 e. The maximum atomic E-state index is 14.1. The summed E-state index contributed by atoms with van der Waals surface area (Å²) in [5.41, 5.74) is -5.81. The van der Waals surface area contributed by atoms with Crippen molar-refractivity contribution in [2.75, 3.05) is 28.2 Å². The summed E-state index contributed by atoms with van der Waals surface area (Å²) in [5, 5.41) is 24.0. The van der Waals surface area contributed by atoms with Crippen LogP contribution in [0.4, 0.5) is 9.59 Å². The summed E-state index contributed by atoms with van der Waals surface area (Å²) in [6, 6.07) is -0.121. The van der Waals surface area contributed by atoms with Gasteiger partial charge in [-0.1, -0.05) is 104 Å². The smallest absolute Gasteiger partial charge is 0.462 e. The molecule has 7 heterocycles. The van der Waals surface area contributed by atoms with E-state index in [1.165, 1.54) is 0 Å². The van der Waals surface area contributed by atoms with Crippen LogP contribution in [0.15, 0.2) is 0 Å². The predicted molar refractivity (Wildman–Crippen MR) is 344 cm³/mol. The Morgan fingerprint density at radius 3 is 1.36 bits per heavy atom. The van der Waals surface area contributed by atoms with E-state index in [4.69, 9.17) is 52.1 Å². The Morgan fingerprint density at radius 2 is 0.967 bits per heavy atom. The van der Waals surface area contributed by atoms with Gasteiger partial charge in [-0.05, 0) is 149 Å². The highest BCUT2D eigenvalue weighted by molar-refractivity contribution is 7.25. The molecule has 7 rings (SSSR count). The average molecular weight is 1340 g/mol. The van der Waals surface area contributed by atoms with Gasteiger partial charge in [-0.3, -0.25) is 23.5 Å². The third kappa shape index (κ3) is 16.3. The standard InChI is InChI=1S/C35H58NO10P.C33H58NO10P/c1-13-24-35(10)30(45-33(39)46-35)22(8)27-18(4)15-34(9,16-25(37)43-27)29(20(6)26(17(2)3)21(7)31(38)42-24)44-32-28(47-40)23(36(11)12)14-19(5)41-32;1-13-23-33(10)28(43-31(37)44-33)21(8)25(35)17(4)15-32(9,38)27(19(6)24(16(2)3)20(7)29(36)41-23)42-30-26(45-39)22(34(11)12)14-18(5)40-30/h17-24,26-30,32H,13-16H2,1-12H3;16-28,30,35,38H,13-15H2,1-12H3. The second-order valence-electron chi connectivity index (χ2n) is 30.9. The van der Waals surface area contributed by atoms with E-state index in [1.54, 1.807) is 27.7 Å². The number of hydrogen-bond donors (Lipinski definition) is 2. The minimum Gasteiger partial charge on any atom is -0.462 e. The molecule has 2 bridgehead atoms. The minimum atomic E-state index is -1.51. The Balaban J connectivity index is 0.000000293. The highest BCUT2D eigenvalue weighted by atomic mass is 31.1. The van der Waals surface area contributed by atoms with Gasteiger partial charge in [0.15, 0.2) is 52.9 Å². The van der Waals surface area contributed by atoms with Crippen LogP contribution in [-0.4, -0.2) is 192 Å². The molecule has 30 atom stereocenters. The normalized spacial score (nSPS) is 46.9. The van der Waals surface area contributed by atoms with Crippen molar-refractivity contribution in [1.29, 1.82) is 0 Å². The number of hydrogen-bond acceptors (Lipinski definition) is 22. The van der Waals surface area contributed by atoms with Gasteiger partial charge in [0.2, 0.25) is 0 Å². The highest BCUT2D eigenvalue weighted by Crippen LogP contribution is 2.52. The SMILES string of the molecule is CCC1OC(=O)C(C)C(C(C)C)C(C)C(OC2OC(C)CC(N(C)C)C2P=O)C(C)(O)CC(C)C(O)C(C)C2OC(=O)OC12C.CCC1OC(=O)C(C)C(C(C)C)C(C)C(OC2OC(C)CC(N(C)C)C2P=O)C2(C)CC(=O)OC(C(C)C2)C(C)C2OC(=O)OC12C. The monoisotopic (exact) mass is 1340 g/mol. The van der Waals surface area contributed by atoms with Gasteiger partial charge in [-0.15, -0.1) is 0 Å². The molecule has 7 aliphatic heterocycles. The molecule has 0 aromatic carbocycles. The Bertz CT molecular complexity index is 2540. The zero-order chi connectivity index (χ0) is 69.3. The Morgan fingerprint density at radius 1 is 0.565 bits per heavy atom. The molecule has 24 heteroatoms. The summed E-state index contributed by atoms with van der Waals surface area (Å²) in [7, 11) is 7.60. The van der Waals surface area contributed by atoms with Crippen LogP contribution in [0.5, 0.6) is 0 Å². The van der Waals surface area contributed by atoms with Crippen LogP contribution in [0.2, 0.25) is 0 Å². The highest BCUT2D eigenvalue weighted by Gasteiger charge is 2.62. The fourth-order valence-electron chi connectivity index (χ4n) is 18.2. The number of esters is 3. The first kappa shape index (κ1) is 77.8. The van der Waals surface area contributed by atoms with Crippen molar-refractivity contribution in [3.8, 4) is 0 Å². The van der Waals surface area contributed by atoms with Gasteiger partial charge < -0.3 is 72.1 Å². The maximum absolute atomic E-state index is 14.1. The summed E-state index contributed by atoms with van der Waals surface area (Å²) in [6.45, 7) is 38.4. The number of aliphatic hydroxyl groups excluding tert-OH is 1. The quantitative estimate of drug-likeness (QED) is 0.104. The second-order valence-corrected chi connectivity index (χ2v) is 32.6. The Hall–Kier alpha value is -3.17. The molecular weight excluding hydrogens is 1230 g/mol. The summed E-state index contributed by atoms with van der Waals surface area (Å²) in [4.78, 5) is 71.1. The molecule has 7 saturated heterocycles. The molecule has 0 radical (unpaired) electrons. The van der Waals surface area contributed by atoms with Gasteiger partial charge >= 0.3 is 30.2 Å². The molecule has 528 valence electrons. The van der Waals surface area contributed by atoms with Crippen LogP contribution in [0.3, 0.4) is 0 Å². The van der Waals surface area contributed by atoms with Gasteiger partial charge in [0.05, 0.1) is 54.4 Å². The number of ether oxygens (including phenoxy) is 11. The van der Waals surface area contributed by atoms with Crippen molar-refractivity contribution in [3.05, 3.63) is 0 Å². The van der Waals surface area contributed by atoms with E-state index in [1.807, 2.05) is 109 Å². The van der Waals surface area contributed by atoms with Crippen molar-refractivity contribution in [3.63, 3.8) is 0 Å². The molecule has 0 spiro atoms. The van der Waals surface area contributed by atoms with Crippen molar-refractivity contribution in [1.82, 2.24) is 9.80 Å². The fourth-order valence-corrected chi connectivity index (χ4v) is 19.7. The molecule has 0 saturated carbocycles. The summed E-state index contributed by atoms with van der Waals surface area (Å²) in [5.74, 6) is -5.29. The number of nitrogens with zero attached hydrogens (tertiary/aromatic N) is 2. The number of carbonyl (C=O) groups is 5. The Kier molecular flexibility index (Phi) is 26.3. The third-order valence-electron chi connectivity index (χ3n) is 22.5. The predicted octanol–water partition coefficient (Wildman–Crippen LogP) is 11.3. The van der Waals surface area contributed by atoms with Crippen LogP contribution in [0.25, 0.3) is 0 Å².